The lowest BCUT2D eigenvalue weighted by Gasteiger charge is -2.06. The molecular weight excluding hydrogens is 410 g/mol. The molecule has 5 rings (SSSR count). The van der Waals surface area contributed by atoms with E-state index in [0.717, 1.165) is 22.4 Å². The van der Waals surface area contributed by atoms with Crippen LogP contribution in [0.5, 0.6) is 0 Å². The quantitative estimate of drug-likeness (QED) is 0.359. The summed E-state index contributed by atoms with van der Waals surface area (Å²) in [7, 11) is 0. The molecule has 7 nitrogen and oxygen atoms in total. The monoisotopic (exact) mass is 425 g/mol. The summed E-state index contributed by atoms with van der Waals surface area (Å²) in [5.74, 6) is 1.09. The van der Waals surface area contributed by atoms with Crippen molar-refractivity contribution in [3.05, 3.63) is 90.0 Å². The van der Waals surface area contributed by atoms with E-state index < -0.39 is 0 Å². The van der Waals surface area contributed by atoms with Crippen molar-refractivity contribution >= 4 is 46.2 Å². The third-order valence-corrected chi connectivity index (χ3v) is 4.90. The minimum Gasteiger partial charge on any atom is -0.339 e. The molecule has 0 spiro atoms. The predicted octanol–water partition coefficient (Wildman–Crippen LogP) is 5.56. The predicted molar refractivity (Wildman–Crippen MR) is 123 cm³/mol. The van der Waals surface area contributed by atoms with E-state index in [2.05, 4.69) is 35.5 Å². The molecule has 0 amide bonds. The topological polar surface area (TPSA) is 91.7 Å². The van der Waals surface area contributed by atoms with Crippen LogP contribution in [0.1, 0.15) is 5.56 Å². The molecule has 0 aliphatic heterocycles. The van der Waals surface area contributed by atoms with Gasteiger partial charge in [0, 0.05) is 29.3 Å². The number of hydrogen-bond donors (Lipinski definition) is 2. The molecule has 8 heteroatoms. The molecule has 3 aromatic heterocycles. The van der Waals surface area contributed by atoms with Crippen LogP contribution in [-0.4, -0.2) is 31.4 Å². The van der Waals surface area contributed by atoms with Crippen LogP contribution in [0.2, 0.25) is 5.02 Å². The van der Waals surface area contributed by atoms with E-state index in [1.807, 2.05) is 66.9 Å². The summed E-state index contributed by atoms with van der Waals surface area (Å²) < 4.78 is 0. The molecule has 0 saturated carbocycles. The molecule has 5 aromatic rings. The fourth-order valence-corrected chi connectivity index (χ4v) is 3.36. The zero-order chi connectivity index (χ0) is 21.0. The fourth-order valence-electron chi connectivity index (χ4n) is 3.17. The first kappa shape index (κ1) is 18.9. The van der Waals surface area contributed by atoms with Crippen LogP contribution >= 0.6 is 11.6 Å². The molecular formula is C23H16ClN7. The van der Waals surface area contributed by atoms with E-state index in [-0.39, 0.29) is 0 Å². The number of halogens is 1. The van der Waals surface area contributed by atoms with E-state index in [0.29, 0.717) is 27.7 Å². The zero-order valence-electron chi connectivity index (χ0n) is 16.2. The molecule has 2 aromatic carbocycles. The highest BCUT2D eigenvalue weighted by Gasteiger charge is 2.12. The number of anilines is 2. The Balaban J connectivity index is 1.43. The smallest absolute Gasteiger partial charge is 0.186 e. The number of nitrogens with one attached hydrogen (secondary N) is 2. The molecule has 0 aliphatic carbocycles. The van der Waals surface area contributed by atoms with Crippen molar-refractivity contribution in [1.82, 2.24) is 25.1 Å². The van der Waals surface area contributed by atoms with Crippen LogP contribution in [0.25, 0.3) is 22.2 Å². The molecule has 0 bridgehead atoms. The third-order valence-electron chi connectivity index (χ3n) is 4.67. The highest BCUT2D eigenvalue weighted by molar-refractivity contribution is 6.30. The molecule has 3 heterocycles. The molecule has 0 radical (unpaired) electrons. The second-order valence-corrected chi connectivity index (χ2v) is 7.19. The van der Waals surface area contributed by atoms with Crippen molar-refractivity contribution < 1.29 is 0 Å². The highest BCUT2D eigenvalue weighted by Crippen LogP contribution is 2.30. The number of H-pyrrole nitrogens is 1. The minimum atomic E-state index is 0.497. The first-order valence-corrected chi connectivity index (χ1v) is 9.90. The average molecular weight is 426 g/mol. The van der Waals surface area contributed by atoms with Gasteiger partial charge in [0.25, 0.3) is 0 Å². The Morgan fingerprint density at radius 1 is 0.968 bits per heavy atom. The average Bonchev–Trinajstić information content (AvgIpc) is 3.23. The highest BCUT2D eigenvalue weighted by atomic mass is 35.5. The van der Waals surface area contributed by atoms with Crippen molar-refractivity contribution in [2.75, 3.05) is 5.32 Å². The van der Waals surface area contributed by atoms with Gasteiger partial charge in [-0.15, -0.1) is 0 Å². The maximum absolute atomic E-state index is 6.09. The summed E-state index contributed by atoms with van der Waals surface area (Å²) in [5, 5.41) is 11.8. The Morgan fingerprint density at radius 3 is 2.68 bits per heavy atom. The maximum atomic E-state index is 6.09. The molecule has 0 unspecified atom stereocenters. The number of pyridine rings is 1. The third kappa shape index (κ3) is 4.12. The Bertz CT molecular complexity index is 1360. The Morgan fingerprint density at radius 2 is 1.87 bits per heavy atom. The summed E-state index contributed by atoms with van der Waals surface area (Å²) in [6.07, 6.45) is 6.84. The summed E-state index contributed by atoms with van der Waals surface area (Å²) in [6.45, 7) is 0. The van der Waals surface area contributed by atoms with Crippen LogP contribution in [0.4, 0.5) is 17.3 Å². The Labute approximate surface area is 182 Å². The van der Waals surface area contributed by atoms with Gasteiger partial charge < -0.3 is 5.32 Å². The largest absolute Gasteiger partial charge is 0.339 e. The van der Waals surface area contributed by atoms with Gasteiger partial charge in [0.15, 0.2) is 11.5 Å². The van der Waals surface area contributed by atoms with E-state index in [1.165, 1.54) is 6.33 Å². The minimum absolute atomic E-state index is 0.497. The van der Waals surface area contributed by atoms with Crippen LogP contribution in [0, 0.1) is 0 Å². The van der Waals surface area contributed by atoms with Crippen molar-refractivity contribution in [3.63, 3.8) is 0 Å². The molecule has 31 heavy (non-hydrogen) atoms. The van der Waals surface area contributed by atoms with Crippen molar-refractivity contribution in [1.29, 1.82) is 0 Å². The van der Waals surface area contributed by atoms with E-state index >= 15 is 0 Å². The lowest BCUT2D eigenvalue weighted by atomic mass is 10.1. The standard InChI is InChI=1S/C23H16ClN7/c24-18-4-1-5-19(11-18)29-21-20-22(30-31-23(20)28-14-27-21)26-12-15-6-8-16(9-7-15)17-3-2-10-25-13-17/h1-14H,(H2,27,28,29,30,31). The van der Waals surface area contributed by atoms with Gasteiger partial charge in [-0.2, -0.15) is 5.10 Å². The van der Waals surface area contributed by atoms with E-state index in [1.54, 1.807) is 12.4 Å². The van der Waals surface area contributed by atoms with Gasteiger partial charge in [-0.3, -0.25) is 10.1 Å². The lowest BCUT2D eigenvalue weighted by molar-refractivity contribution is 1.08. The van der Waals surface area contributed by atoms with Gasteiger partial charge in [-0.25, -0.2) is 15.0 Å². The number of nitrogens with zero attached hydrogens (tertiary/aromatic N) is 5. The lowest BCUT2D eigenvalue weighted by Crippen LogP contribution is -1.95. The number of rotatable bonds is 5. The van der Waals surface area contributed by atoms with E-state index in [4.69, 9.17) is 11.6 Å². The van der Waals surface area contributed by atoms with Gasteiger partial charge in [0.2, 0.25) is 0 Å². The maximum Gasteiger partial charge on any atom is 0.186 e. The number of aromatic nitrogens is 5. The summed E-state index contributed by atoms with van der Waals surface area (Å²) >= 11 is 6.09. The summed E-state index contributed by atoms with van der Waals surface area (Å²) in [4.78, 5) is 17.3. The molecule has 2 N–H and O–H groups in total. The number of fused-ring (bicyclic) bond motifs is 1. The van der Waals surface area contributed by atoms with Gasteiger partial charge in [0.1, 0.15) is 17.5 Å². The van der Waals surface area contributed by atoms with Gasteiger partial charge in [-0.05, 0) is 41.0 Å². The van der Waals surface area contributed by atoms with Crippen LogP contribution < -0.4 is 5.32 Å². The molecule has 0 fully saturated rings. The number of benzene rings is 2. The number of aromatic amines is 1. The number of aliphatic imine (C=N–C) groups is 1. The first-order chi connectivity index (χ1) is 15.3. The molecule has 0 atom stereocenters. The second kappa shape index (κ2) is 8.33. The first-order valence-electron chi connectivity index (χ1n) is 9.52. The van der Waals surface area contributed by atoms with Crippen LogP contribution in [0.3, 0.4) is 0 Å². The molecule has 150 valence electrons. The van der Waals surface area contributed by atoms with Crippen molar-refractivity contribution in [2.24, 2.45) is 4.99 Å². The van der Waals surface area contributed by atoms with Crippen LogP contribution in [-0.2, 0) is 0 Å². The Kier molecular flexibility index (Phi) is 5.08. The Hall–Kier alpha value is -4.10. The van der Waals surface area contributed by atoms with Gasteiger partial charge >= 0.3 is 0 Å². The van der Waals surface area contributed by atoms with Crippen LogP contribution in [0.15, 0.2) is 84.4 Å². The van der Waals surface area contributed by atoms with Crippen molar-refractivity contribution in [3.8, 4) is 11.1 Å². The normalized spacial score (nSPS) is 11.3. The number of hydrogen-bond acceptors (Lipinski definition) is 6. The van der Waals surface area contributed by atoms with Gasteiger partial charge in [0.05, 0.1) is 0 Å². The SMILES string of the molecule is Clc1cccc(Nc2ncnc3[nH]nc(N=Cc4ccc(-c5cccnc5)cc4)c23)c1. The molecule has 0 aliphatic rings. The van der Waals surface area contributed by atoms with E-state index in [9.17, 15) is 0 Å². The van der Waals surface area contributed by atoms with Gasteiger partial charge in [-0.1, -0.05) is 48.0 Å². The summed E-state index contributed by atoms with van der Waals surface area (Å²) in [5.41, 5.74) is 4.52. The second-order valence-electron chi connectivity index (χ2n) is 6.75. The zero-order valence-corrected chi connectivity index (χ0v) is 17.0. The van der Waals surface area contributed by atoms with Crippen molar-refractivity contribution in [2.45, 2.75) is 0 Å². The summed E-state index contributed by atoms with van der Waals surface area (Å²) in [6, 6.07) is 19.4. The fraction of sp³-hybridized carbons (Fsp3) is 0. The molecule has 0 saturated heterocycles.